The molecule has 0 bridgehead atoms. The third kappa shape index (κ3) is 1.54. The Morgan fingerprint density at radius 3 is 2.35 bits per heavy atom. The second-order valence-electron chi connectivity index (χ2n) is 3.93. The van der Waals surface area contributed by atoms with E-state index in [2.05, 4.69) is 0 Å². The maximum absolute atomic E-state index is 11.2. The quantitative estimate of drug-likeness (QED) is 0.608. The fourth-order valence-electron chi connectivity index (χ4n) is 2.12. The first-order chi connectivity index (χ1) is 8.40. The summed E-state index contributed by atoms with van der Waals surface area (Å²) in [6.07, 6.45) is 0.866. The van der Waals surface area contributed by atoms with Crippen LogP contribution in [-0.4, -0.2) is 11.0 Å². The predicted octanol–water partition coefficient (Wildman–Crippen LogP) is 3.35. The number of nitrogens with zero attached hydrogens (tertiary/aromatic N) is 1. The van der Waals surface area contributed by atoms with Crippen LogP contribution in [0.1, 0.15) is 0 Å². The van der Waals surface area contributed by atoms with Crippen LogP contribution < -0.4 is 0 Å². The van der Waals surface area contributed by atoms with E-state index in [4.69, 9.17) is 0 Å². The standard InChI is InChI=1S/C15H11NO/c17-11-16-14-9-5-4-8-13(14)10-15(16)12-6-2-1-3-7-12/h1-11H. The second-order valence-corrected chi connectivity index (χ2v) is 3.93. The van der Waals surface area contributed by atoms with Crippen LogP contribution in [0.3, 0.4) is 0 Å². The Kier molecular flexibility index (Phi) is 2.26. The van der Waals surface area contributed by atoms with Crippen molar-refractivity contribution in [2.24, 2.45) is 0 Å². The van der Waals surface area contributed by atoms with Crippen molar-refractivity contribution in [3.8, 4) is 11.3 Å². The molecule has 3 rings (SSSR count). The third-order valence-electron chi connectivity index (χ3n) is 2.92. The van der Waals surface area contributed by atoms with Gasteiger partial charge in [0.25, 0.3) is 0 Å². The zero-order valence-electron chi connectivity index (χ0n) is 9.21. The van der Waals surface area contributed by atoms with Gasteiger partial charge in [0.05, 0.1) is 11.2 Å². The number of aromatic nitrogens is 1. The Hall–Kier alpha value is -2.35. The largest absolute Gasteiger partial charge is 0.282 e. The van der Waals surface area contributed by atoms with Crippen LogP contribution in [0.4, 0.5) is 0 Å². The molecule has 0 aliphatic heterocycles. The maximum Gasteiger partial charge on any atom is 0.218 e. The fourth-order valence-corrected chi connectivity index (χ4v) is 2.12. The van der Waals surface area contributed by atoms with Gasteiger partial charge in [-0.25, -0.2) is 0 Å². The summed E-state index contributed by atoms with van der Waals surface area (Å²) in [5, 5.41) is 1.08. The number of hydrogen-bond acceptors (Lipinski definition) is 1. The first-order valence-electron chi connectivity index (χ1n) is 5.51. The fraction of sp³-hybridized carbons (Fsp3) is 0. The average Bonchev–Trinajstić information content (AvgIpc) is 2.78. The lowest BCUT2D eigenvalue weighted by Gasteiger charge is -2.02. The van der Waals surface area contributed by atoms with E-state index >= 15 is 0 Å². The molecular weight excluding hydrogens is 210 g/mol. The van der Waals surface area contributed by atoms with Gasteiger partial charge >= 0.3 is 0 Å². The first-order valence-corrected chi connectivity index (χ1v) is 5.51. The molecule has 82 valence electrons. The van der Waals surface area contributed by atoms with E-state index in [1.807, 2.05) is 60.7 Å². The van der Waals surface area contributed by atoms with Crippen molar-refractivity contribution in [1.29, 1.82) is 0 Å². The molecule has 0 fully saturated rings. The topological polar surface area (TPSA) is 22.0 Å². The van der Waals surface area contributed by atoms with E-state index in [9.17, 15) is 4.79 Å². The highest BCUT2D eigenvalue weighted by Crippen LogP contribution is 2.26. The smallest absolute Gasteiger partial charge is 0.218 e. The molecule has 2 heteroatoms. The summed E-state index contributed by atoms with van der Waals surface area (Å²) < 4.78 is 1.69. The van der Waals surface area contributed by atoms with Crippen LogP contribution >= 0.6 is 0 Å². The van der Waals surface area contributed by atoms with Gasteiger partial charge in [0, 0.05) is 5.39 Å². The van der Waals surface area contributed by atoms with Crippen LogP contribution in [0.25, 0.3) is 22.2 Å². The van der Waals surface area contributed by atoms with Crippen molar-refractivity contribution in [3.05, 3.63) is 60.7 Å². The van der Waals surface area contributed by atoms with Crippen LogP contribution in [-0.2, 0) is 4.79 Å². The molecule has 0 unspecified atom stereocenters. The molecule has 0 amide bonds. The molecule has 0 saturated carbocycles. The summed E-state index contributed by atoms with van der Waals surface area (Å²) >= 11 is 0. The molecular formula is C15H11NO. The van der Waals surface area contributed by atoms with E-state index in [0.29, 0.717) is 0 Å². The molecule has 17 heavy (non-hydrogen) atoms. The number of fused-ring (bicyclic) bond motifs is 1. The van der Waals surface area contributed by atoms with Crippen molar-refractivity contribution >= 4 is 17.3 Å². The lowest BCUT2D eigenvalue weighted by molar-refractivity contribution is 0.549. The van der Waals surface area contributed by atoms with Crippen molar-refractivity contribution in [2.45, 2.75) is 0 Å². The number of carbonyl (C=O) groups is 1. The minimum Gasteiger partial charge on any atom is -0.282 e. The van der Waals surface area contributed by atoms with Crippen molar-refractivity contribution in [3.63, 3.8) is 0 Å². The van der Waals surface area contributed by atoms with Crippen molar-refractivity contribution in [2.75, 3.05) is 0 Å². The van der Waals surface area contributed by atoms with Gasteiger partial charge in [0.1, 0.15) is 0 Å². The Balaban J connectivity index is 2.33. The van der Waals surface area contributed by atoms with E-state index < -0.39 is 0 Å². The highest BCUT2D eigenvalue weighted by atomic mass is 16.1. The SMILES string of the molecule is O=Cn1c(-c2ccccc2)cc2ccccc21. The molecule has 0 aliphatic rings. The summed E-state index contributed by atoms with van der Waals surface area (Å²) in [6, 6.07) is 19.9. The van der Waals surface area contributed by atoms with Gasteiger partial charge in [0.15, 0.2) is 0 Å². The van der Waals surface area contributed by atoms with Crippen molar-refractivity contribution in [1.82, 2.24) is 4.57 Å². The minimum atomic E-state index is 0.866. The minimum absolute atomic E-state index is 0.866. The van der Waals surface area contributed by atoms with Gasteiger partial charge in [0.2, 0.25) is 6.41 Å². The molecule has 1 heterocycles. The first kappa shape index (κ1) is 9.85. The number of para-hydroxylation sites is 1. The zero-order chi connectivity index (χ0) is 11.7. The third-order valence-corrected chi connectivity index (χ3v) is 2.92. The molecule has 0 atom stereocenters. The molecule has 0 radical (unpaired) electrons. The van der Waals surface area contributed by atoms with Crippen LogP contribution in [0, 0.1) is 0 Å². The highest BCUT2D eigenvalue weighted by molar-refractivity contribution is 5.92. The van der Waals surface area contributed by atoms with Gasteiger partial charge in [-0.3, -0.25) is 9.36 Å². The van der Waals surface area contributed by atoms with Gasteiger partial charge in [-0.05, 0) is 17.7 Å². The number of carbonyl (C=O) groups excluding carboxylic acids is 1. The summed E-state index contributed by atoms with van der Waals surface area (Å²) in [6.45, 7) is 0. The predicted molar refractivity (Wildman–Crippen MR) is 69.5 cm³/mol. The van der Waals surface area contributed by atoms with E-state index in [-0.39, 0.29) is 0 Å². The average molecular weight is 221 g/mol. The zero-order valence-corrected chi connectivity index (χ0v) is 9.21. The molecule has 2 nitrogen and oxygen atoms in total. The van der Waals surface area contributed by atoms with Crippen LogP contribution in [0.5, 0.6) is 0 Å². The highest BCUT2D eigenvalue weighted by Gasteiger charge is 2.08. The number of hydrogen-bond donors (Lipinski definition) is 0. The molecule has 0 N–H and O–H groups in total. The van der Waals surface area contributed by atoms with E-state index in [1.54, 1.807) is 4.57 Å². The van der Waals surface area contributed by atoms with E-state index in [0.717, 1.165) is 28.6 Å². The molecule has 3 aromatic rings. The second kappa shape index (κ2) is 3.91. The summed E-state index contributed by atoms with van der Waals surface area (Å²) in [5.41, 5.74) is 2.93. The number of rotatable bonds is 2. The van der Waals surface area contributed by atoms with Gasteiger partial charge in [-0.2, -0.15) is 0 Å². The summed E-state index contributed by atoms with van der Waals surface area (Å²) in [5.74, 6) is 0. The lowest BCUT2D eigenvalue weighted by Crippen LogP contribution is -1.96. The summed E-state index contributed by atoms with van der Waals surface area (Å²) in [7, 11) is 0. The Morgan fingerprint density at radius 1 is 0.882 bits per heavy atom. The molecule has 1 aromatic heterocycles. The van der Waals surface area contributed by atoms with Crippen LogP contribution in [0.15, 0.2) is 60.7 Å². The monoisotopic (exact) mass is 221 g/mol. The number of benzene rings is 2. The Morgan fingerprint density at radius 2 is 1.59 bits per heavy atom. The van der Waals surface area contributed by atoms with Gasteiger partial charge < -0.3 is 0 Å². The lowest BCUT2D eigenvalue weighted by atomic mass is 10.1. The molecule has 0 spiro atoms. The van der Waals surface area contributed by atoms with Gasteiger partial charge in [-0.15, -0.1) is 0 Å². The maximum atomic E-state index is 11.2. The molecule has 2 aromatic carbocycles. The van der Waals surface area contributed by atoms with Crippen LogP contribution in [0.2, 0.25) is 0 Å². The molecule has 0 saturated heterocycles. The van der Waals surface area contributed by atoms with Crippen molar-refractivity contribution < 1.29 is 4.79 Å². The Labute approximate surface area is 99.1 Å². The Bertz CT molecular complexity index is 668. The summed E-state index contributed by atoms with van der Waals surface area (Å²) in [4.78, 5) is 11.2. The van der Waals surface area contributed by atoms with E-state index in [1.165, 1.54) is 0 Å². The van der Waals surface area contributed by atoms with Gasteiger partial charge in [-0.1, -0.05) is 48.5 Å². The molecule has 0 aliphatic carbocycles. The normalized spacial score (nSPS) is 10.6.